The standard InChI is InChI=1S/C12H26N2O/c1-9(2)6-7-13-12(15)11(5)14-8-10(3)4/h9-11,14H,6-8H2,1-5H3,(H,13,15). The second-order valence-corrected chi connectivity index (χ2v) is 5.00. The zero-order valence-electron chi connectivity index (χ0n) is 10.8. The Morgan fingerprint density at radius 1 is 1.07 bits per heavy atom. The number of carbonyl (C=O) groups is 1. The fourth-order valence-corrected chi connectivity index (χ4v) is 1.14. The van der Waals surface area contributed by atoms with Gasteiger partial charge in [-0.05, 0) is 31.7 Å². The van der Waals surface area contributed by atoms with E-state index in [2.05, 4.69) is 38.3 Å². The molecule has 0 spiro atoms. The number of nitrogens with one attached hydrogen (secondary N) is 2. The van der Waals surface area contributed by atoms with Gasteiger partial charge in [-0.3, -0.25) is 4.79 Å². The van der Waals surface area contributed by atoms with Crippen molar-refractivity contribution in [1.29, 1.82) is 0 Å². The van der Waals surface area contributed by atoms with E-state index in [1.807, 2.05) is 6.92 Å². The third-order valence-electron chi connectivity index (χ3n) is 2.25. The van der Waals surface area contributed by atoms with E-state index in [1.165, 1.54) is 0 Å². The Labute approximate surface area is 94.0 Å². The van der Waals surface area contributed by atoms with Crippen LogP contribution in [0.4, 0.5) is 0 Å². The first-order chi connectivity index (χ1) is 6.93. The van der Waals surface area contributed by atoms with Gasteiger partial charge in [0.1, 0.15) is 0 Å². The first kappa shape index (κ1) is 14.4. The van der Waals surface area contributed by atoms with Gasteiger partial charge in [0.05, 0.1) is 6.04 Å². The molecule has 1 unspecified atom stereocenters. The summed E-state index contributed by atoms with van der Waals surface area (Å²) in [4.78, 5) is 11.6. The first-order valence-corrected chi connectivity index (χ1v) is 5.94. The van der Waals surface area contributed by atoms with E-state index in [0.717, 1.165) is 19.5 Å². The van der Waals surface area contributed by atoms with Gasteiger partial charge in [-0.25, -0.2) is 0 Å². The Hall–Kier alpha value is -0.570. The number of hydrogen-bond donors (Lipinski definition) is 2. The summed E-state index contributed by atoms with van der Waals surface area (Å²) in [6.45, 7) is 12.2. The number of carbonyl (C=O) groups excluding carboxylic acids is 1. The Kier molecular flexibility index (Phi) is 7.39. The molecule has 0 heterocycles. The fraction of sp³-hybridized carbons (Fsp3) is 0.917. The summed E-state index contributed by atoms with van der Waals surface area (Å²) in [5.74, 6) is 1.33. The largest absolute Gasteiger partial charge is 0.355 e. The van der Waals surface area contributed by atoms with Crippen molar-refractivity contribution in [1.82, 2.24) is 10.6 Å². The third kappa shape index (κ3) is 8.43. The molecule has 0 rings (SSSR count). The van der Waals surface area contributed by atoms with Crippen molar-refractivity contribution in [2.75, 3.05) is 13.1 Å². The lowest BCUT2D eigenvalue weighted by atomic mass is 10.1. The highest BCUT2D eigenvalue weighted by molar-refractivity contribution is 5.81. The predicted molar refractivity (Wildman–Crippen MR) is 64.8 cm³/mol. The van der Waals surface area contributed by atoms with Gasteiger partial charge in [0.15, 0.2) is 0 Å². The van der Waals surface area contributed by atoms with Crippen molar-refractivity contribution in [3.63, 3.8) is 0 Å². The van der Waals surface area contributed by atoms with Crippen LogP contribution in [0.5, 0.6) is 0 Å². The second kappa shape index (κ2) is 7.69. The lowest BCUT2D eigenvalue weighted by Gasteiger charge is -2.15. The highest BCUT2D eigenvalue weighted by Crippen LogP contribution is 1.96. The molecule has 0 aromatic carbocycles. The van der Waals surface area contributed by atoms with Crippen LogP contribution in [-0.2, 0) is 4.79 Å². The molecule has 0 bridgehead atoms. The molecule has 0 radical (unpaired) electrons. The molecule has 0 aliphatic carbocycles. The van der Waals surface area contributed by atoms with Crippen LogP contribution in [0.2, 0.25) is 0 Å². The summed E-state index contributed by atoms with van der Waals surface area (Å²) in [7, 11) is 0. The van der Waals surface area contributed by atoms with E-state index in [0.29, 0.717) is 11.8 Å². The summed E-state index contributed by atoms with van der Waals surface area (Å²) < 4.78 is 0. The molecule has 1 amide bonds. The summed E-state index contributed by atoms with van der Waals surface area (Å²) in [5.41, 5.74) is 0. The van der Waals surface area contributed by atoms with Crippen LogP contribution in [0.15, 0.2) is 0 Å². The molecular formula is C12H26N2O. The molecular weight excluding hydrogens is 188 g/mol. The molecule has 90 valence electrons. The third-order valence-corrected chi connectivity index (χ3v) is 2.25. The monoisotopic (exact) mass is 214 g/mol. The SMILES string of the molecule is CC(C)CCNC(=O)C(C)NCC(C)C. The molecule has 0 saturated heterocycles. The van der Waals surface area contributed by atoms with Crippen LogP contribution in [-0.4, -0.2) is 25.0 Å². The van der Waals surface area contributed by atoms with Gasteiger partial charge in [0.2, 0.25) is 5.91 Å². The molecule has 3 nitrogen and oxygen atoms in total. The second-order valence-electron chi connectivity index (χ2n) is 5.00. The minimum atomic E-state index is -0.0837. The zero-order valence-corrected chi connectivity index (χ0v) is 10.8. The van der Waals surface area contributed by atoms with Crippen molar-refractivity contribution in [3.8, 4) is 0 Å². The lowest BCUT2D eigenvalue weighted by molar-refractivity contribution is -0.122. The molecule has 0 aromatic rings. The molecule has 0 aromatic heterocycles. The molecule has 2 N–H and O–H groups in total. The molecule has 0 saturated carbocycles. The van der Waals surface area contributed by atoms with E-state index in [1.54, 1.807) is 0 Å². The van der Waals surface area contributed by atoms with Crippen LogP contribution in [0.1, 0.15) is 41.0 Å². The number of hydrogen-bond acceptors (Lipinski definition) is 2. The van der Waals surface area contributed by atoms with E-state index in [-0.39, 0.29) is 11.9 Å². The van der Waals surface area contributed by atoms with Gasteiger partial charge in [-0.1, -0.05) is 27.7 Å². The lowest BCUT2D eigenvalue weighted by Crippen LogP contribution is -2.43. The van der Waals surface area contributed by atoms with Crippen LogP contribution >= 0.6 is 0 Å². The maximum atomic E-state index is 11.6. The predicted octanol–water partition coefficient (Wildman–Crippen LogP) is 1.78. The minimum absolute atomic E-state index is 0.0837. The molecule has 15 heavy (non-hydrogen) atoms. The van der Waals surface area contributed by atoms with E-state index in [9.17, 15) is 4.79 Å². The quantitative estimate of drug-likeness (QED) is 0.678. The fourth-order valence-electron chi connectivity index (χ4n) is 1.14. The summed E-state index contributed by atoms with van der Waals surface area (Å²) in [5, 5.41) is 6.14. The van der Waals surface area contributed by atoms with E-state index < -0.39 is 0 Å². The number of amides is 1. The van der Waals surface area contributed by atoms with Crippen molar-refractivity contribution >= 4 is 5.91 Å². The van der Waals surface area contributed by atoms with Gasteiger partial charge in [-0.15, -0.1) is 0 Å². The van der Waals surface area contributed by atoms with Gasteiger partial charge in [0, 0.05) is 6.54 Å². The van der Waals surface area contributed by atoms with Gasteiger partial charge < -0.3 is 10.6 Å². The Morgan fingerprint density at radius 3 is 2.13 bits per heavy atom. The summed E-state index contributed by atoms with van der Waals surface area (Å²) in [6, 6.07) is -0.0837. The van der Waals surface area contributed by atoms with Crippen LogP contribution in [0, 0.1) is 11.8 Å². The topological polar surface area (TPSA) is 41.1 Å². The van der Waals surface area contributed by atoms with Crippen molar-refractivity contribution < 1.29 is 4.79 Å². The molecule has 0 aliphatic heterocycles. The van der Waals surface area contributed by atoms with Crippen LogP contribution < -0.4 is 10.6 Å². The Balaban J connectivity index is 3.60. The zero-order chi connectivity index (χ0) is 11.8. The van der Waals surface area contributed by atoms with E-state index in [4.69, 9.17) is 0 Å². The maximum Gasteiger partial charge on any atom is 0.236 e. The first-order valence-electron chi connectivity index (χ1n) is 5.94. The summed E-state index contributed by atoms with van der Waals surface area (Å²) >= 11 is 0. The van der Waals surface area contributed by atoms with Gasteiger partial charge >= 0.3 is 0 Å². The van der Waals surface area contributed by atoms with Crippen LogP contribution in [0.3, 0.4) is 0 Å². The summed E-state index contributed by atoms with van der Waals surface area (Å²) in [6.07, 6.45) is 1.04. The number of rotatable bonds is 7. The van der Waals surface area contributed by atoms with Gasteiger partial charge in [0.25, 0.3) is 0 Å². The highest BCUT2D eigenvalue weighted by atomic mass is 16.2. The van der Waals surface area contributed by atoms with Crippen molar-refractivity contribution in [3.05, 3.63) is 0 Å². The molecule has 0 aliphatic rings. The highest BCUT2D eigenvalue weighted by Gasteiger charge is 2.11. The smallest absolute Gasteiger partial charge is 0.236 e. The van der Waals surface area contributed by atoms with E-state index >= 15 is 0 Å². The minimum Gasteiger partial charge on any atom is -0.355 e. The van der Waals surface area contributed by atoms with Crippen LogP contribution in [0.25, 0.3) is 0 Å². The average Bonchev–Trinajstić information content (AvgIpc) is 2.13. The molecule has 1 atom stereocenters. The molecule has 0 fully saturated rings. The Morgan fingerprint density at radius 2 is 1.67 bits per heavy atom. The van der Waals surface area contributed by atoms with Crippen molar-refractivity contribution in [2.45, 2.75) is 47.1 Å². The Bertz CT molecular complexity index is 178. The van der Waals surface area contributed by atoms with Crippen molar-refractivity contribution in [2.24, 2.45) is 11.8 Å². The average molecular weight is 214 g/mol. The molecule has 3 heteroatoms. The maximum absolute atomic E-state index is 11.6. The van der Waals surface area contributed by atoms with Gasteiger partial charge in [-0.2, -0.15) is 0 Å². The normalized spacial score (nSPS) is 13.3.